The van der Waals surface area contributed by atoms with Crippen molar-refractivity contribution in [3.63, 3.8) is 0 Å². The predicted octanol–water partition coefficient (Wildman–Crippen LogP) is 3.10. The second kappa shape index (κ2) is 6.01. The lowest BCUT2D eigenvalue weighted by molar-refractivity contribution is -0.330. The van der Waals surface area contributed by atoms with Gasteiger partial charge in [0.1, 0.15) is 17.9 Å². The van der Waals surface area contributed by atoms with Crippen molar-refractivity contribution in [1.82, 2.24) is 19.5 Å². The van der Waals surface area contributed by atoms with Gasteiger partial charge in [0.2, 0.25) is 0 Å². The number of nitrogens with zero attached hydrogens (tertiary/aromatic N) is 4. The third-order valence-corrected chi connectivity index (χ3v) is 4.96. The molecule has 2 aromatic heterocycles. The van der Waals surface area contributed by atoms with E-state index in [1.807, 2.05) is 0 Å². The second-order valence-corrected chi connectivity index (χ2v) is 7.23. The van der Waals surface area contributed by atoms with Crippen molar-refractivity contribution in [1.29, 1.82) is 0 Å². The number of hydrogen-bond donors (Lipinski definition) is 0. The molecule has 26 heavy (non-hydrogen) atoms. The number of alkyl halides is 3. The summed E-state index contributed by atoms with van der Waals surface area (Å²) in [6.45, 7) is 2.97. The largest absolute Gasteiger partial charge is 0.522 e. The van der Waals surface area contributed by atoms with Crippen molar-refractivity contribution in [2.75, 3.05) is 6.61 Å². The third-order valence-electron chi connectivity index (χ3n) is 4.68. The van der Waals surface area contributed by atoms with E-state index in [4.69, 9.17) is 21.1 Å². The maximum absolute atomic E-state index is 12.5. The zero-order chi connectivity index (χ0) is 18.7. The lowest BCUT2D eigenvalue weighted by Gasteiger charge is -2.24. The van der Waals surface area contributed by atoms with Crippen LogP contribution in [0.3, 0.4) is 0 Å². The molecule has 0 amide bonds. The fourth-order valence-electron chi connectivity index (χ4n) is 3.76. The van der Waals surface area contributed by atoms with Gasteiger partial charge in [0, 0.05) is 5.92 Å². The molecule has 0 N–H and O–H groups in total. The average molecular weight is 393 g/mol. The third kappa shape index (κ3) is 3.15. The fraction of sp³-hybridized carbons (Fsp3) is 0.667. The summed E-state index contributed by atoms with van der Waals surface area (Å²) in [5.74, 6) is -1.38. The molecule has 1 saturated heterocycles. The van der Waals surface area contributed by atoms with Gasteiger partial charge in [0.05, 0.1) is 25.1 Å². The zero-order valence-corrected chi connectivity index (χ0v) is 14.7. The van der Waals surface area contributed by atoms with Gasteiger partial charge >= 0.3 is 6.36 Å². The molecule has 4 rings (SSSR count). The number of imidazole rings is 1. The van der Waals surface area contributed by atoms with Crippen molar-refractivity contribution in [3.05, 3.63) is 17.8 Å². The summed E-state index contributed by atoms with van der Waals surface area (Å²) in [7, 11) is 0. The van der Waals surface area contributed by atoms with Crippen LogP contribution in [0.15, 0.2) is 12.7 Å². The Morgan fingerprint density at radius 2 is 2.00 bits per heavy atom. The van der Waals surface area contributed by atoms with E-state index >= 15 is 0 Å². The Kier molecular flexibility index (Phi) is 4.14. The molecule has 0 spiro atoms. The highest BCUT2D eigenvalue weighted by Crippen LogP contribution is 2.48. The van der Waals surface area contributed by atoms with E-state index in [-0.39, 0.29) is 11.2 Å². The standard InChI is InChI=1S/C15H16ClF3N4O3/c1-14(2)25-10-7(4-24-15(17,18)19)3-8(11(10)26-14)23-6-22-9-12(16)20-5-21-13(9)23/h5-8,10-11H,3-4H2,1-2H3/t7-,8-,10-,11+/m1/s1. The van der Waals surface area contributed by atoms with Crippen LogP contribution in [0.2, 0.25) is 5.15 Å². The summed E-state index contributed by atoms with van der Waals surface area (Å²) in [6, 6.07) is -0.306. The Hall–Kier alpha value is -1.49. The molecule has 7 nitrogen and oxygen atoms in total. The molecule has 0 aromatic carbocycles. The molecule has 1 aliphatic carbocycles. The average Bonchev–Trinajstić information content (AvgIpc) is 3.16. The van der Waals surface area contributed by atoms with Gasteiger partial charge in [-0.3, -0.25) is 4.74 Å². The minimum Gasteiger partial charge on any atom is -0.344 e. The van der Waals surface area contributed by atoms with E-state index in [1.165, 1.54) is 6.33 Å². The smallest absolute Gasteiger partial charge is 0.344 e. The van der Waals surface area contributed by atoms with Gasteiger partial charge in [0.25, 0.3) is 0 Å². The van der Waals surface area contributed by atoms with Gasteiger partial charge in [-0.1, -0.05) is 11.6 Å². The number of rotatable bonds is 3. The first kappa shape index (κ1) is 17.9. The van der Waals surface area contributed by atoms with Crippen molar-refractivity contribution in [2.24, 2.45) is 5.92 Å². The predicted molar refractivity (Wildman–Crippen MR) is 83.3 cm³/mol. The van der Waals surface area contributed by atoms with Crippen LogP contribution in [0.1, 0.15) is 26.3 Å². The van der Waals surface area contributed by atoms with Crippen LogP contribution in [0.25, 0.3) is 11.2 Å². The zero-order valence-electron chi connectivity index (χ0n) is 13.9. The van der Waals surface area contributed by atoms with E-state index in [0.29, 0.717) is 17.6 Å². The van der Waals surface area contributed by atoms with E-state index in [0.717, 1.165) is 0 Å². The lowest BCUT2D eigenvalue weighted by Crippen LogP contribution is -2.30. The molecule has 2 fully saturated rings. The number of fused-ring (bicyclic) bond motifs is 2. The molecule has 2 aromatic rings. The molecule has 3 heterocycles. The Bertz CT molecular complexity index is 828. The minimum absolute atomic E-state index is 0.212. The summed E-state index contributed by atoms with van der Waals surface area (Å²) < 4.78 is 55.1. The van der Waals surface area contributed by atoms with Crippen molar-refractivity contribution >= 4 is 22.8 Å². The van der Waals surface area contributed by atoms with Crippen LogP contribution >= 0.6 is 11.6 Å². The maximum Gasteiger partial charge on any atom is 0.522 e. The summed E-state index contributed by atoms with van der Waals surface area (Å²) in [5.41, 5.74) is 0.929. The quantitative estimate of drug-likeness (QED) is 0.747. The summed E-state index contributed by atoms with van der Waals surface area (Å²) in [6.07, 6.45) is -2.42. The van der Waals surface area contributed by atoms with Crippen LogP contribution in [-0.4, -0.2) is 50.5 Å². The van der Waals surface area contributed by atoms with Crippen molar-refractivity contribution < 1.29 is 27.4 Å². The topological polar surface area (TPSA) is 71.3 Å². The molecule has 4 atom stereocenters. The van der Waals surface area contributed by atoms with Crippen molar-refractivity contribution in [2.45, 2.75) is 50.7 Å². The van der Waals surface area contributed by atoms with Gasteiger partial charge in [-0.25, -0.2) is 15.0 Å². The van der Waals surface area contributed by atoms with E-state index in [2.05, 4.69) is 19.7 Å². The van der Waals surface area contributed by atoms with Crippen LogP contribution in [0, 0.1) is 5.92 Å². The van der Waals surface area contributed by atoms with Crippen LogP contribution < -0.4 is 0 Å². The summed E-state index contributed by atoms with van der Waals surface area (Å²) in [5, 5.41) is 0.212. The molecular formula is C15H16ClF3N4O3. The first-order valence-electron chi connectivity index (χ1n) is 8.04. The monoisotopic (exact) mass is 392 g/mol. The fourth-order valence-corrected chi connectivity index (χ4v) is 3.94. The van der Waals surface area contributed by atoms with E-state index in [1.54, 1.807) is 24.7 Å². The Balaban J connectivity index is 1.66. The Morgan fingerprint density at radius 3 is 2.73 bits per heavy atom. The maximum atomic E-state index is 12.5. The molecular weight excluding hydrogens is 377 g/mol. The van der Waals surface area contributed by atoms with Gasteiger partial charge in [-0.05, 0) is 20.3 Å². The van der Waals surface area contributed by atoms with Gasteiger partial charge < -0.3 is 14.0 Å². The molecule has 0 bridgehead atoms. The molecule has 142 valence electrons. The lowest BCUT2D eigenvalue weighted by atomic mass is 10.1. The van der Waals surface area contributed by atoms with Crippen LogP contribution in [0.4, 0.5) is 13.2 Å². The van der Waals surface area contributed by atoms with E-state index < -0.39 is 36.9 Å². The number of ether oxygens (including phenoxy) is 3. The van der Waals surface area contributed by atoms with Crippen LogP contribution in [-0.2, 0) is 14.2 Å². The van der Waals surface area contributed by atoms with Gasteiger partial charge in [-0.15, -0.1) is 13.2 Å². The van der Waals surface area contributed by atoms with Gasteiger partial charge in [-0.2, -0.15) is 0 Å². The first-order valence-corrected chi connectivity index (χ1v) is 8.42. The van der Waals surface area contributed by atoms with E-state index in [9.17, 15) is 13.2 Å². The number of hydrogen-bond acceptors (Lipinski definition) is 6. The first-order chi connectivity index (χ1) is 12.1. The summed E-state index contributed by atoms with van der Waals surface area (Å²) in [4.78, 5) is 12.3. The molecule has 0 unspecified atom stereocenters. The van der Waals surface area contributed by atoms with Crippen molar-refractivity contribution in [3.8, 4) is 0 Å². The van der Waals surface area contributed by atoms with Crippen LogP contribution in [0.5, 0.6) is 0 Å². The molecule has 0 radical (unpaired) electrons. The number of halogens is 4. The molecule has 11 heteroatoms. The normalized spacial score (nSPS) is 30.8. The highest BCUT2D eigenvalue weighted by molar-refractivity contribution is 6.33. The highest BCUT2D eigenvalue weighted by Gasteiger charge is 2.55. The Labute approximate surface area is 151 Å². The minimum atomic E-state index is -4.69. The molecule has 1 saturated carbocycles. The Morgan fingerprint density at radius 1 is 1.27 bits per heavy atom. The summed E-state index contributed by atoms with van der Waals surface area (Å²) >= 11 is 6.03. The molecule has 1 aliphatic heterocycles. The number of aromatic nitrogens is 4. The second-order valence-electron chi connectivity index (χ2n) is 6.87. The SMILES string of the molecule is CC1(C)O[C@@H]2[C@@H](COC(F)(F)F)C[C@@H](n3cnc4c(Cl)ncnc43)[C@@H]2O1. The van der Waals surface area contributed by atoms with Gasteiger partial charge in [0.15, 0.2) is 16.6 Å². The highest BCUT2D eigenvalue weighted by atomic mass is 35.5. The molecule has 2 aliphatic rings.